The standard InChI is InChI=1S/C32H43N3O3/c1-38-32(37)28(20-23-11-8-14-27(19-23)30(33)34)29(21-22-9-4-2-5-10-22)35-31(36)26-17-15-25(16-18-26)24-12-6-3-7-13-24/h2,4-5,8-11,14,19,24-26,28-29H,3,6-7,12-13,15-18,20-21H2,1H3,(H3,33,34)(H,35,36). The van der Waals surface area contributed by atoms with Gasteiger partial charge in [-0.25, -0.2) is 0 Å². The Labute approximate surface area is 227 Å². The van der Waals surface area contributed by atoms with Gasteiger partial charge >= 0.3 is 5.97 Å². The maximum Gasteiger partial charge on any atom is 0.311 e. The molecule has 6 heteroatoms. The zero-order valence-electron chi connectivity index (χ0n) is 22.7. The van der Waals surface area contributed by atoms with Crippen LogP contribution in [0.25, 0.3) is 0 Å². The van der Waals surface area contributed by atoms with Gasteiger partial charge in [0.15, 0.2) is 0 Å². The fourth-order valence-electron chi connectivity index (χ4n) is 6.58. The first-order valence-corrected chi connectivity index (χ1v) is 14.3. The molecule has 0 radical (unpaired) electrons. The van der Waals surface area contributed by atoms with E-state index in [2.05, 4.69) is 5.32 Å². The van der Waals surface area contributed by atoms with Crippen molar-refractivity contribution in [3.05, 3.63) is 71.3 Å². The summed E-state index contributed by atoms with van der Waals surface area (Å²) in [5, 5.41) is 11.1. The number of hydrogen-bond acceptors (Lipinski definition) is 4. The lowest BCUT2D eigenvalue weighted by atomic mass is 9.71. The summed E-state index contributed by atoms with van der Waals surface area (Å²) in [7, 11) is 1.40. The van der Waals surface area contributed by atoms with Crippen molar-refractivity contribution in [2.75, 3.05) is 7.11 Å². The minimum Gasteiger partial charge on any atom is -0.469 e. The average molecular weight is 518 g/mol. The fourth-order valence-corrected chi connectivity index (χ4v) is 6.58. The maximum absolute atomic E-state index is 13.6. The molecule has 2 aliphatic rings. The number of ether oxygens (including phenoxy) is 1. The van der Waals surface area contributed by atoms with Crippen molar-refractivity contribution in [2.24, 2.45) is 29.4 Å². The van der Waals surface area contributed by atoms with E-state index in [0.29, 0.717) is 18.4 Å². The number of hydrogen-bond donors (Lipinski definition) is 3. The lowest BCUT2D eigenvalue weighted by Crippen LogP contribution is -2.48. The number of rotatable bonds is 10. The zero-order valence-corrected chi connectivity index (χ0v) is 22.7. The van der Waals surface area contributed by atoms with Crippen LogP contribution in [0, 0.1) is 29.1 Å². The number of carbonyl (C=O) groups excluding carboxylic acids is 2. The summed E-state index contributed by atoms with van der Waals surface area (Å²) in [5.74, 6) is 0.723. The molecule has 38 heavy (non-hydrogen) atoms. The first kappa shape index (κ1) is 27.9. The van der Waals surface area contributed by atoms with E-state index in [9.17, 15) is 9.59 Å². The van der Waals surface area contributed by atoms with E-state index in [-0.39, 0.29) is 23.6 Å². The summed E-state index contributed by atoms with van der Waals surface area (Å²) in [6.07, 6.45) is 11.8. The van der Waals surface area contributed by atoms with E-state index < -0.39 is 12.0 Å². The van der Waals surface area contributed by atoms with E-state index >= 15 is 0 Å². The second kappa shape index (κ2) is 13.6. The molecule has 2 atom stereocenters. The molecule has 0 heterocycles. The highest BCUT2D eigenvalue weighted by atomic mass is 16.5. The Hall–Kier alpha value is -3.15. The Morgan fingerprint density at radius 2 is 1.55 bits per heavy atom. The van der Waals surface area contributed by atoms with Gasteiger partial charge in [-0.15, -0.1) is 0 Å². The molecular formula is C32H43N3O3. The van der Waals surface area contributed by atoms with Crippen LogP contribution >= 0.6 is 0 Å². The predicted octanol–water partition coefficient (Wildman–Crippen LogP) is 5.42. The Morgan fingerprint density at radius 3 is 2.21 bits per heavy atom. The summed E-state index contributed by atoms with van der Waals surface area (Å²) in [5.41, 5.74) is 8.26. The van der Waals surface area contributed by atoms with Gasteiger partial charge in [0.1, 0.15) is 5.84 Å². The third-order valence-electron chi connectivity index (χ3n) is 8.77. The van der Waals surface area contributed by atoms with Gasteiger partial charge in [0.05, 0.1) is 13.0 Å². The van der Waals surface area contributed by atoms with Crippen molar-refractivity contribution in [3.63, 3.8) is 0 Å². The highest BCUT2D eigenvalue weighted by Gasteiger charge is 2.35. The molecule has 0 spiro atoms. The number of amidine groups is 1. The molecule has 4 rings (SSSR count). The van der Waals surface area contributed by atoms with E-state index in [4.69, 9.17) is 15.9 Å². The Bertz CT molecular complexity index is 1070. The first-order chi connectivity index (χ1) is 18.4. The normalized spacial score (nSPS) is 21.7. The van der Waals surface area contributed by atoms with Crippen LogP contribution in [-0.2, 0) is 27.2 Å². The van der Waals surface area contributed by atoms with Gasteiger partial charge in [-0.3, -0.25) is 15.0 Å². The van der Waals surface area contributed by atoms with Crippen LogP contribution in [0.3, 0.4) is 0 Å². The molecule has 0 aliphatic heterocycles. The molecule has 2 aromatic rings. The third-order valence-corrected chi connectivity index (χ3v) is 8.77. The van der Waals surface area contributed by atoms with E-state index in [1.54, 1.807) is 6.07 Å². The van der Waals surface area contributed by atoms with Gasteiger partial charge in [-0.1, -0.05) is 80.6 Å². The summed E-state index contributed by atoms with van der Waals surface area (Å²) < 4.78 is 5.23. The smallest absolute Gasteiger partial charge is 0.311 e. The summed E-state index contributed by atoms with van der Waals surface area (Å²) >= 11 is 0. The lowest BCUT2D eigenvalue weighted by Gasteiger charge is -2.36. The molecule has 2 saturated carbocycles. The Balaban J connectivity index is 1.49. The van der Waals surface area contributed by atoms with Crippen molar-refractivity contribution >= 4 is 17.7 Å². The third kappa shape index (κ3) is 7.46. The molecule has 6 nitrogen and oxygen atoms in total. The number of esters is 1. The number of carbonyl (C=O) groups is 2. The average Bonchev–Trinajstić information content (AvgIpc) is 2.96. The molecule has 204 valence electrons. The molecule has 1 amide bonds. The van der Waals surface area contributed by atoms with Gasteiger partial charge in [0, 0.05) is 17.5 Å². The number of benzene rings is 2. The van der Waals surface area contributed by atoms with Crippen molar-refractivity contribution in [1.82, 2.24) is 5.32 Å². The minimum atomic E-state index is -0.565. The molecule has 2 unspecified atom stereocenters. The molecule has 0 bridgehead atoms. The molecular weight excluding hydrogens is 474 g/mol. The van der Waals surface area contributed by atoms with Crippen molar-refractivity contribution in [3.8, 4) is 0 Å². The summed E-state index contributed by atoms with van der Waals surface area (Å²) in [6, 6.07) is 17.0. The number of methoxy groups -OCH3 is 1. The maximum atomic E-state index is 13.6. The Morgan fingerprint density at radius 1 is 0.895 bits per heavy atom. The van der Waals surface area contributed by atoms with Gasteiger partial charge in [-0.2, -0.15) is 0 Å². The number of nitrogens with one attached hydrogen (secondary N) is 2. The van der Waals surface area contributed by atoms with Gasteiger partial charge in [0.2, 0.25) is 5.91 Å². The van der Waals surface area contributed by atoms with Crippen LogP contribution in [0.5, 0.6) is 0 Å². The minimum absolute atomic E-state index is 0.00699. The van der Waals surface area contributed by atoms with Crippen LogP contribution < -0.4 is 11.1 Å². The van der Waals surface area contributed by atoms with Crippen LogP contribution in [-0.4, -0.2) is 30.9 Å². The van der Waals surface area contributed by atoms with E-state index in [1.165, 1.54) is 39.2 Å². The highest BCUT2D eigenvalue weighted by Crippen LogP contribution is 2.40. The quantitative estimate of drug-likeness (QED) is 0.222. The number of nitrogens with two attached hydrogens (primary N) is 1. The summed E-state index contributed by atoms with van der Waals surface area (Å²) in [4.78, 5) is 26.7. The number of nitrogen functional groups attached to an aromatic ring is 1. The predicted molar refractivity (Wildman–Crippen MR) is 151 cm³/mol. The Kier molecular flexibility index (Phi) is 9.97. The largest absolute Gasteiger partial charge is 0.469 e. The first-order valence-electron chi connectivity index (χ1n) is 14.3. The van der Waals surface area contributed by atoms with Crippen LogP contribution in [0.2, 0.25) is 0 Å². The van der Waals surface area contributed by atoms with Crippen LogP contribution in [0.4, 0.5) is 0 Å². The molecule has 4 N–H and O–H groups in total. The topological polar surface area (TPSA) is 105 Å². The van der Waals surface area contributed by atoms with Crippen LogP contribution in [0.1, 0.15) is 74.5 Å². The van der Waals surface area contributed by atoms with Gasteiger partial charge in [-0.05, 0) is 67.6 Å². The van der Waals surface area contributed by atoms with Crippen molar-refractivity contribution < 1.29 is 14.3 Å². The van der Waals surface area contributed by atoms with Gasteiger partial charge < -0.3 is 15.8 Å². The molecule has 0 aromatic heterocycles. The lowest BCUT2D eigenvalue weighted by molar-refractivity contribution is -0.146. The number of amides is 1. The second-order valence-corrected chi connectivity index (χ2v) is 11.3. The molecule has 2 aromatic carbocycles. The second-order valence-electron chi connectivity index (χ2n) is 11.3. The molecule has 0 saturated heterocycles. The molecule has 2 aliphatic carbocycles. The van der Waals surface area contributed by atoms with E-state index in [0.717, 1.165) is 48.6 Å². The van der Waals surface area contributed by atoms with Crippen molar-refractivity contribution in [2.45, 2.75) is 76.7 Å². The van der Waals surface area contributed by atoms with Crippen molar-refractivity contribution in [1.29, 1.82) is 5.41 Å². The molecule has 2 fully saturated rings. The zero-order chi connectivity index (χ0) is 26.9. The van der Waals surface area contributed by atoms with Gasteiger partial charge in [0.25, 0.3) is 0 Å². The SMILES string of the molecule is COC(=O)C(Cc1cccc(C(=N)N)c1)C(Cc1ccccc1)NC(=O)C1CCC(C2CCCCC2)CC1. The van der Waals surface area contributed by atoms with Crippen LogP contribution in [0.15, 0.2) is 54.6 Å². The monoisotopic (exact) mass is 517 g/mol. The van der Waals surface area contributed by atoms with E-state index in [1.807, 2.05) is 48.5 Å². The fraction of sp³-hybridized carbons (Fsp3) is 0.531. The summed E-state index contributed by atoms with van der Waals surface area (Å²) in [6.45, 7) is 0. The highest BCUT2D eigenvalue weighted by molar-refractivity contribution is 5.95.